The summed E-state index contributed by atoms with van der Waals surface area (Å²) in [7, 11) is 4.06. The molecule has 9 nitrogen and oxygen atoms in total. The molecule has 1 saturated heterocycles. The van der Waals surface area contributed by atoms with Gasteiger partial charge in [-0.3, -0.25) is 25.1 Å². The predicted octanol–water partition coefficient (Wildman–Crippen LogP) is 1.76. The van der Waals surface area contributed by atoms with Crippen LogP contribution in [0.25, 0.3) is 11.1 Å². The number of hydrogen-bond acceptors (Lipinski definition) is 8. The Bertz CT molecular complexity index is 1330. The zero-order valence-corrected chi connectivity index (χ0v) is 22.8. The molecule has 1 N–H and O–H groups in total. The minimum absolute atomic E-state index is 0.0843. The molecule has 3 aromatic rings. The number of nitrogens with one attached hydrogen (secondary N) is 1. The van der Waals surface area contributed by atoms with Crippen molar-refractivity contribution in [3.8, 4) is 17.2 Å². The van der Waals surface area contributed by atoms with Crippen molar-refractivity contribution in [2.45, 2.75) is 32.2 Å². The number of likely N-dealkylation sites (N-methyl/N-ethyl adjacent to an activating group) is 1. The highest BCUT2D eigenvalue weighted by Crippen LogP contribution is 2.26. The number of hydrogen-bond donors (Lipinski definition) is 1. The first-order chi connectivity index (χ1) is 19.0. The van der Waals surface area contributed by atoms with E-state index < -0.39 is 0 Å². The van der Waals surface area contributed by atoms with E-state index in [0.717, 1.165) is 62.2 Å². The molecule has 0 spiro atoms. The van der Waals surface area contributed by atoms with E-state index in [2.05, 4.69) is 61.5 Å². The largest absolute Gasteiger partial charge is 0.304 e. The number of aromatic nitrogens is 3. The van der Waals surface area contributed by atoms with Gasteiger partial charge in [-0.2, -0.15) is 5.26 Å². The van der Waals surface area contributed by atoms with E-state index >= 15 is 0 Å². The Morgan fingerprint density at radius 2 is 1.85 bits per heavy atom. The molecule has 1 saturated carbocycles. The molecule has 0 radical (unpaired) electrons. The Balaban J connectivity index is 1.30. The van der Waals surface area contributed by atoms with Crippen LogP contribution in [0.4, 0.5) is 5.82 Å². The first-order valence-corrected chi connectivity index (χ1v) is 13.8. The predicted molar refractivity (Wildman–Crippen MR) is 154 cm³/mol. The number of benzene rings is 1. The second kappa shape index (κ2) is 12.4. The number of nitriles is 1. The lowest BCUT2D eigenvalue weighted by molar-refractivity contribution is 0.0946. The van der Waals surface area contributed by atoms with Gasteiger partial charge in [-0.25, -0.2) is 9.97 Å². The Morgan fingerprint density at radius 3 is 2.56 bits per heavy atom. The van der Waals surface area contributed by atoms with Crippen molar-refractivity contribution in [1.29, 1.82) is 5.26 Å². The summed E-state index contributed by atoms with van der Waals surface area (Å²) in [5.74, 6) is 0.840. The van der Waals surface area contributed by atoms with E-state index in [4.69, 9.17) is 0 Å². The maximum absolute atomic E-state index is 13.4. The fourth-order valence-corrected chi connectivity index (χ4v) is 5.37. The number of rotatable bonds is 8. The average molecular weight is 522 g/mol. The van der Waals surface area contributed by atoms with Crippen molar-refractivity contribution in [3.05, 3.63) is 65.9 Å². The molecule has 0 atom stereocenters. The molecule has 2 aliphatic rings. The van der Waals surface area contributed by atoms with Crippen LogP contribution < -0.4 is 15.9 Å². The summed E-state index contributed by atoms with van der Waals surface area (Å²) < 4.78 is 0. The van der Waals surface area contributed by atoms with Gasteiger partial charge < -0.3 is 4.90 Å². The SMILES string of the molecule is Bc1cnc(C#N)nc1N(CC1CCCC1)NC(=O)c1cncc(-c2ccc(CN3CCN(C)CC3)cc2)c1. The molecule has 39 heavy (non-hydrogen) atoms. The molecule has 2 fully saturated rings. The van der Waals surface area contributed by atoms with Gasteiger partial charge in [0, 0.05) is 63.4 Å². The van der Waals surface area contributed by atoms with Gasteiger partial charge in [0.25, 0.3) is 5.91 Å². The Morgan fingerprint density at radius 1 is 1.10 bits per heavy atom. The van der Waals surface area contributed by atoms with Crippen molar-refractivity contribution in [1.82, 2.24) is 30.2 Å². The number of nitrogens with zero attached hydrogens (tertiary/aromatic N) is 7. The first kappa shape index (κ1) is 26.8. The maximum Gasteiger partial charge on any atom is 0.271 e. The fourth-order valence-electron chi connectivity index (χ4n) is 5.37. The summed E-state index contributed by atoms with van der Waals surface area (Å²) >= 11 is 0. The van der Waals surface area contributed by atoms with E-state index in [9.17, 15) is 10.1 Å². The van der Waals surface area contributed by atoms with Crippen LogP contribution in [-0.4, -0.2) is 78.3 Å². The van der Waals surface area contributed by atoms with Crippen LogP contribution in [0.5, 0.6) is 0 Å². The molecule has 3 heterocycles. The highest BCUT2D eigenvalue weighted by molar-refractivity contribution is 6.35. The van der Waals surface area contributed by atoms with Crippen LogP contribution in [0, 0.1) is 17.2 Å². The monoisotopic (exact) mass is 522 g/mol. The number of anilines is 1. The van der Waals surface area contributed by atoms with E-state index in [1.54, 1.807) is 23.6 Å². The molecule has 1 amide bonds. The highest BCUT2D eigenvalue weighted by atomic mass is 16.2. The van der Waals surface area contributed by atoms with Gasteiger partial charge in [0.15, 0.2) is 0 Å². The summed E-state index contributed by atoms with van der Waals surface area (Å²) in [5, 5.41) is 11.1. The third-order valence-electron chi connectivity index (χ3n) is 7.74. The first-order valence-electron chi connectivity index (χ1n) is 13.8. The molecule has 0 unspecified atom stereocenters. The van der Waals surface area contributed by atoms with Crippen LogP contribution in [0.2, 0.25) is 0 Å². The lowest BCUT2D eigenvalue weighted by Gasteiger charge is -2.32. The van der Waals surface area contributed by atoms with Crippen LogP contribution in [0.3, 0.4) is 0 Å². The topological polar surface area (TPSA) is 101 Å². The molecule has 1 aliphatic carbocycles. The summed E-state index contributed by atoms with van der Waals surface area (Å²) in [6, 6.07) is 12.4. The number of hydrazine groups is 1. The molecule has 1 aromatic carbocycles. The van der Waals surface area contributed by atoms with Gasteiger partial charge in [0.1, 0.15) is 19.7 Å². The fraction of sp³-hybridized carbons (Fsp3) is 0.414. The second-order valence-corrected chi connectivity index (χ2v) is 10.8. The standard InChI is InChI=1S/C29H35BN8O/c1-36-10-12-37(13-11-36)19-22-6-8-23(9-7-22)24-14-25(17-32-16-24)29(39)35-38(20-21-4-2-3-5-21)28-26(30)18-33-27(15-31)34-28/h6-9,14,16-18,21H,2-5,10-13,19-20,30H2,1H3,(H,35,39). The van der Waals surface area contributed by atoms with Crippen molar-refractivity contribution in [2.75, 3.05) is 44.8 Å². The third kappa shape index (κ3) is 6.80. The summed E-state index contributed by atoms with van der Waals surface area (Å²) in [6.45, 7) is 5.96. The van der Waals surface area contributed by atoms with Gasteiger partial charge in [0.2, 0.25) is 5.82 Å². The van der Waals surface area contributed by atoms with Gasteiger partial charge >= 0.3 is 0 Å². The maximum atomic E-state index is 13.4. The molecule has 200 valence electrons. The highest BCUT2D eigenvalue weighted by Gasteiger charge is 2.23. The van der Waals surface area contributed by atoms with Gasteiger partial charge in [-0.15, -0.1) is 0 Å². The summed E-state index contributed by atoms with van der Waals surface area (Å²) in [4.78, 5) is 31.1. The number of piperazine rings is 1. The molecule has 5 rings (SSSR count). The van der Waals surface area contributed by atoms with E-state index in [1.165, 1.54) is 18.4 Å². The second-order valence-electron chi connectivity index (χ2n) is 10.8. The average Bonchev–Trinajstić information content (AvgIpc) is 3.48. The van der Waals surface area contributed by atoms with Crippen LogP contribution >= 0.6 is 0 Å². The number of amides is 1. The molecular formula is C29H35BN8O. The lowest BCUT2D eigenvalue weighted by atomic mass is 9.98. The smallest absolute Gasteiger partial charge is 0.271 e. The van der Waals surface area contributed by atoms with Gasteiger partial charge in [-0.05, 0) is 48.5 Å². The molecule has 0 bridgehead atoms. The zero-order chi connectivity index (χ0) is 27.2. The van der Waals surface area contributed by atoms with Gasteiger partial charge in [0.05, 0.1) is 5.56 Å². The normalized spacial score (nSPS) is 16.6. The number of carbonyl (C=O) groups excluding carboxylic acids is 1. The quantitative estimate of drug-likeness (QED) is 0.353. The van der Waals surface area contributed by atoms with E-state index in [-0.39, 0.29) is 11.7 Å². The summed E-state index contributed by atoms with van der Waals surface area (Å²) in [5.41, 5.74) is 7.52. The van der Waals surface area contributed by atoms with E-state index in [1.807, 2.05) is 20.0 Å². The Hall–Kier alpha value is -3.81. The zero-order valence-electron chi connectivity index (χ0n) is 22.8. The van der Waals surface area contributed by atoms with Crippen LogP contribution in [-0.2, 0) is 6.54 Å². The van der Waals surface area contributed by atoms with Crippen molar-refractivity contribution < 1.29 is 4.79 Å². The van der Waals surface area contributed by atoms with Crippen LogP contribution in [0.1, 0.15) is 47.4 Å². The van der Waals surface area contributed by atoms with E-state index in [0.29, 0.717) is 23.8 Å². The molecule has 1 aliphatic heterocycles. The Kier molecular flexibility index (Phi) is 8.50. The van der Waals surface area contributed by atoms with Crippen molar-refractivity contribution in [3.63, 3.8) is 0 Å². The Labute approximate surface area is 231 Å². The van der Waals surface area contributed by atoms with Gasteiger partial charge in [-0.1, -0.05) is 37.1 Å². The minimum atomic E-state index is -0.259. The number of pyridine rings is 1. The summed E-state index contributed by atoms with van der Waals surface area (Å²) in [6.07, 6.45) is 9.62. The lowest BCUT2D eigenvalue weighted by Crippen LogP contribution is -2.47. The molecular weight excluding hydrogens is 487 g/mol. The van der Waals surface area contributed by atoms with Crippen molar-refractivity contribution >= 4 is 25.0 Å². The molecule has 2 aromatic heterocycles. The van der Waals surface area contributed by atoms with Crippen molar-refractivity contribution in [2.24, 2.45) is 5.92 Å². The molecule has 10 heteroatoms. The number of carbonyl (C=O) groups is 1. The van der Waals surface area contributed by atoms with Crippen LogP contribution in [0.15, 0.2) is 48.9 Å². The third-order valence-corrected chi connectivity index (χ3v) is 7.74. The minimum Gasteiger partial charge on any atom is -0.304 e.